The van der Waals surface area contributed by atoms with Crippen LogP contribution in [-0.4, -0.2) is 34.2 Å². The molecular weight excluding hydrogens is 314 g/mol. The van der Waals surface area contributed by atoms with Gasteiger partial charge in [-0.2, -0.15) is 5.10 Å². The normalized spacial score (nSPS) is 15.3. The molecule has 5 nitrogen and oxygen atoms in total. The second kappa shape index (κ2) is 6.62. The number of hydrogen-bond acceptors (Lipinski definition) is 3. The van der Waals surface area contributed by atoms with Crippen LogP contribution in [0.1, 0.15) is 37.1 Å². The summed E-state index contributed by atoms with van der Waals surface area (Å²) in [6.07, 6.45) is 1.84. The first-order valence-corrected chi connectivity index (χ1v) is 8.12. The number of nitrogens with one attached hydrogen (secondary N) is 1. The highest BCUT2D eigenvalue weighted by molar-refractivity contribution is 6.30. The maximum Gasteiger partial charge on any atom is 0.263 e. The molecule has 1 fully saturated rings. The minimum absolute atomic E-state index is 0.0902. The van der Waals surface area contributed by atoms with E-state index in [0.29, 0.717) is 23.2 Å². The van der Waals surface area contributed by atoms with E-state index in [-0.39, 0.29) is 5.91 Å². The molecule has 2 aromatic rings. The zero-order valence-electron chi connectivity index (χ0n) is 13.3. The minimum atomic E-state index is -0.579. The van der Waals surface area contributed by atoms with Gasteiger partial charge in [-0.3, -0.25) is 9.89 Å². The van der Waals surface area contributed by atoms with E-state index < -0.39 is 6.10 Å². The lowest BCUT2D eigenvalue weighted by Gasteiger charge is -2.21. The number of H-pyrrole nitrogens is 1. The third-order valence-corrected chi connectivity index (χ3v) is 4.12. The summed E-state index contributed by atoms with van der Waals surface area (Å²) < 4.78 is 5.67. The lowest BCUT2D eigenvalue weighted by Crippen LogP contribution is -2.37. The van der Waals surface area contributed by atoms with Gasteiger partial charge in [0.1, 0.15) is 5.75 Å². The monoisotopic (exact) mass is 333 g/mol. The SMILES string of the molecule is CC(Oc1cccc(Cl)c1)C(=O)N(C)Cc1cc(C2CC2)n[nH]1. The van der Waals surface area contributed by atoms with Crippen LogP contribution in [0.4, 0.5) is 0 Å². The Labute approximate surface area is 140 Å². The first-order valence-electron chi connectivity index (χ1n) is 7.74. The zero-order chi connectivity index (χ0) is 16.4. The summed E-state index contributed by atoms with van der Waals surface area (Å²) in [5, 5.41) is 7.89. The molecule has 1 aromatic heterocycles. The molecule has 1 aromatic carbocycles. The molecule has 1 aliphatic rings. The number of rotatable bonds is 6. The van der Waals surface area contributed by atoms with Crippen LogP contribution in [0, 0.1) is 0 Å². The molecule has 1 atom stereocenters. The lowest BCUT2D eigenvalue weighted by atomic mass is 10.2. The van der Waals surface area contributed by atoms with Gasteiger partial charge in [-0.1, -0.05) is 17.7 Å². The van der Waals surface area contributed by atoms with Crippen LogP contribution < -0.4 is 4.74 Å². The number of carbonyl (C=O) groups is 1. The topological polar surface area (TPSA) is 58.2 Å². The van der Waals surface area contributed by atoms with Crippen molar-refractivity contribution in [2.45, 2.75) is 38.3 Å². The van der Waals surface area contributed by atoms with Crippen molar-refractivity contribution in [3.63, 3.8) is 0 Å². The summed E-state index contributed by atoms with van der Waals surface area (Å²) in [7, 11) is 1.76. The molecule has 122 valence electrons. The van der Waals surface area contributed by atoms with Gasteiger partial charge in [0.2, 0.25) is 0 Å². The van der Waals surface area contributed by atoms with Crippen LogP contribution in [-0.2, 0) is 11.3 Å². The predicted octanol–water partition coefficient (Wildman–Crippen LogP) is 3.37. The number of carbonyl (C=O) groups excluding carboxylic acids is 1. The van der Waals surface area contributed by atoms with Gasteiger partial charge < -0.3 is 9.64 Å². The number of halogens is 1. The average Bonchev–Trinajstić information content (AvgIpc) is 3.27. The van der Waals surface area contributed by atoms with Gasteiger partial charge in [-0.15, -0.1) is 0 Å². The Kier molecular flexibility index (Phi) is 4.57. The minimum Gasteiger partial charge on any atom is -0.481 e. The highest BCUT2D eigenvalue weighted by atomic mass is 35.5. The molecule has 1 heterocycles. The molecule has 0 aliphatic heterocycles. The van der Waals surface area contributed by atoms with Crippen molar-refractivity contribution in [1.82, 2.24) is 15.1 Å². The highest BCUT2D eigenvalue weighted by Crippen LogP contribution is 2.39. The van der Waals surface area contributed by atoms with Crippen LogP contribution in [0.25, 0.3) is 0 Å². The van der Waals surface area contributed by atoms with Crippen molar-refractivity contribution in [3.05, 3.63) is 46.7 Å². The largest absolute Gasteiger partial charge is 0.481 e. The van der Waals surface area contributed by atoms with Gasteiger partial charge >= 0.3 is 0 Å². The van der Waals surface area contributed by atoms with E-state index in [1.54, 1.807) is 43.1 Å². The van der Waals surface area contributed by atoms with E-state index in [1.165, 1.54) is 12.8 Å². The third-order valence-electron chi connectivity index (χ3n) is 3.89. The first-order chi connectivity index (χ1) is 11.0. The fraction of sp³-hybridized carbons (Fsp3) is 0.412. The third kappa shape index (κ3) is 4.05. The Morgan fingerprint density at radius 2 is 2.26 bits per heavy atom. The van der Waals surface area contributed by atoms with Gasteiger partial charge in [0.25, 0.3) is 5.91 Å². The molecule has 1 aliphatic carbocycles. The maximum atomic E-state index is 12.4. The van der Waals surface area contributed by atoms with Gasteiger partial charge in [-0.05, 0) is 44.0 Å². The lowest BCUT2D eigenvalue weighted by molar-refractivity contribution is -0.137. The maximum absolute atomic E-state index is 12.4. The van der Waals surface area contributed by atoms with Crippen molar-refractivity contribution in [2.75, 3.05) is 7.05 Å². The zero-order valence-corrected chi connectivity index (χ0v) is 14.0. The Bertz CT molecular complexity index is 697. The van der Waals surface area contributed by atoms with Crippen molar-refractivity contribution in [3.8, 4) is 5.75 Å². The number of benzene rings is 1. The molecule has 0 spiro atoms. The Morgan fingerprint density at radius 3 is 2.96 bits per heavy atom. The summed E-state index contributed by atoms with van der Waals surface area (Å²) in [5.74, 6) is 1.10. The first kappa shape index (κ1) is 15.9. The predicted molar refractivity (Wildman–Crippen MR) is 88.6 cm³/mol. The number of ether oxygens (including phenoxy) is 1. The van der Waals surface area contributed by atoms with Crippen LogP contribution in [0.3, 0.4) is 0 Å². The molecule has 6 heteroatoms. The van der Waals surface area contributed by atoms with E-state index in [9.17, 15) is 4.79 Å². The van der Waals surface area contributed by atoms with Crippen LogP contribution in [0.5, 0.6) is 5.75 Å². The fourth-order valence-electron chi connectivity index (χ4n) is 2.49. The molecule has 1 unspecified atom stereocenters. The average molecular weight is 334 g/mol. The number of amides is 1. The van der Waals surface area contributed by atoms with Gasteiger partial charge in [0.05, 0.1) is 17.9 Å². The highest BCUT2D eigenvalue weighted by Gasteiger charge is 2.26. The van der Waals surface area contributed by atoms with E-state index in [0.717, 1.165) is 11.4 Å². The Hall–Kier alpha value is -2.01. The standard InChI is InChI=1S/C17H20ClN3O2/c1-11(23-15-5-3-4-13(18)8-15)17(22)21(2)10-14-9-16(20-19-14)12-6-7-12/h3-5,8-9,11-12H,6-7,10H2,1-2H3,(H,19,20). The summed E-state index contributed by atoms with van der Waals surface area (Å²) in [6, 6.07) is 9.09. The van der Waals surface area contributed by atoms with E-state index in [2.05, 4.69) is 10.2 Å². The van der Waals surface area contributed by atoms with Crippen molar-refractivity contribution >= 4 is 17.5 Å². The quantitative estimate of drug-likeness (QED) is 0.881. The molecular formula is C17H20ClN3O2. The number of aromatic nitrogens is 2. The van der Waals surface area contributed by atoms with Gasteiger partial charge in [-0.25, -0.2) is 0 Å². The number of likely N-dealkylation sites (N-methyl/N-ethyl adjacent to an activating group) is 1. The Balaban J connectivity index is 1.57. The number of hydrogen-bond donors (Lipinski definition) is 1. The molecule has 0 bridgehead atoms. The van der Waals surface area contributed by atoms with E-state index >= 15 is 0 Å². The fourth-order valence-corrected chi connectivity index (χ4v) is 2.67. The molecule has 3 rings (SSSR count). The van der Waals surface area contributed by atoms with E-state index in [4.69, 9.17) is 16.3 Å². The van der Waals surface area contributed by atoms with Crippen LogP contribution in [0.15, 0.2) is 30.3 Å². The van der Waals surface area contributed by atoms with Crippen LogP contribution >= 0.6 is 11.6 Å². The summed E-state index contributed by atoms with van der Waals surface area (Å²) in [5.41, 5.74) is 2.04. The molecule has 1 saturated carbocycles. The summed E-state index contributed by atoms with van der Waals surface area (Å²) in [6.45, 7) is 2.23. The number of aromatic amines is 1. The molecule has 0 saturated heterocycles. The van der Waals surface area contributed by atoms with Crippen molar-refractivity contribution in [2.24, 2.45) is 0 Å². The summed E-state index contributed by atoms with van der Waals surface area (Å²) >= 11 is 5.92. The summed E-state index contributed by atoms with van der Waals surface area (Å²) in [4.78, 5) is 14.1. The Morgan fingerprint density at radius 1 is 1.48 bits per heavy atom. The van der Waals surface area contributed by atoms with E-state index in [1.807, 2.05) is 6.07 Å². The van der Waals surface area contributed by atoms with Crippen LogP contribution in [0.2, 0.25) is 5.02 Å². The molecule has 23 heavy (non-hydrogen) atoms. The number of nitrogens with zero attached hydrogens (tertiary/aromatic N) is 2. The second-order valence-electron chi connectivity index (χ2n) is 6.00. The van der Waals surface area contributed by atoms with Crippen molar-refractivity contribution in [1.29, 1.82) is 0 Å². The van der Waals surface area contributed by atoms with Crippen molar-refractivity contribution < 1.29 is 9.53 Å². The van der Waals surface area contributed by atoms with Gasteiger partial charge in [0, 0.05) is 18.0 Å². The second-order valence-corrected chi connectivity index (χ2v) is 6.44. The molecule has 0 radical (unpaired) electrons. The van der Waals surface area contributed by atoms with Gasteiger partial charge in [0.15, 0.2) is 6.10 Å². The molecule has 1 N–H and O–H groups in total. The smallest absolute Gasteiger partial charge is 0.263 e. The molecule has 1 amide bonds.